The predicted octanol–water partition coefficient (Wildman–Crippen LogP) is -0.370. The van der Waals surface area contributed by atoms with Crippen LogP contribution in [0.2, 0.25) is 0 Å². The standard InChI is InChI=1S/C9H22N4O2S/c1-3-5-6-11-9(13-10)12-7-8-16(14,15)4-2/h3-8,10H2,1-2H3,(H2,11,12,13). The number of unbranched alkanes of at least 4 members (excludes halogenated alkanes) is 1. The minimum atomic E-state index is -2.93. The Hall–Kier alpha value is -0.820. The van der Waals surface area contributed by atoms with Crippen LogP contribution in [0.4, 0.5) is 0 Å². The topological polar surface area (TPSA) is 96.6 Å². The molecule has 96 valence electrons. The van der Waals surface area contributed by atoms with Crippen LogP contribution in [0.15, 0.2) is 4.99 Å². The van der Waals surface area contributed by atoms with E-state index in [1.54, 1.807) is 6.92 Å². The van der Waals surface area contributed by atoms with Crippen molar-refractivity contribution in [2.75, 3.05) is 24.6 Å². The molecule has 0 aromatic heterocycles. The fourth-order valence-corrected chi connectivity index (χ4v) is 1.67. The van der Waals surface area contributed by atoms with E-state index in [0.717, 1.165) is 12.8 Å². The van der Waals surface area contributed by atoms with Crippen molar-refractivity contribution in [3.8, 4) is 0 Å². The molecule has 0 aromatic carbocycles. The van der Waals surface area contributed by atoms with E-state index in [-0.39, 0.29) is 11.5 Å². The highest BCUT2D eigenvalue weighted by atomic mass is 32.2. The molecule has 7 heteroatoms. The molecule has 0 unspecified atom stereocenters. The Labute approximate surface area is 97.6 Å². The van der Waals surface area contributed by atoms with Gasteiger partial charge in [-0.3, -0.25) is 10.4 Å². The third-order valence-corrected chi connectivity index (χ3v) is 3.77. The van der Waals surface area contributed by atoms with Gasteiger partial charge in [0.15, 0.2) is 9.84 Å². The quantitative estimate of drug-likeness (QED) is 0.188. The van der Waals surface area contributed by atoms with E-state index in [0.29, 0.717) is 19.0 Å². The Bertz CT molecular complexity index is 301. The Kier molecular flexibility index (Phi) is 7.92. The summed E-state index contributed by atoms with van der Waals surface area (Å²) in [6, 6.07) is 0. The highest BCUT2D eigenvalue weighted by Gasteiger charge is 2.06. The van der Waals surface area contributed by atoms with Gasteiger partial charge >= 0.3 is 0 Å². The summed E-state index contributed by atoms with van der Waals surface area (Å²) in [5.41, 5.74) is 2.41. The van der Waals surface area contributed by atoms with Gasteiger partial charge in [-0.15, -0.1) is 0 Å². The van der Waals surface area contributed by atoms with Crippen molar-refractivity contribution in [2.45, 2.75) is 26.7 Å². The van der Waals surface area contributed by atoms with Gasteiger partial charge in [0, 0.05) is 18.8 Å². The van der Waals surface area contributed by atoms with Crippen LogP contribution in [0.1, 0.15) is 26.7 Å². The van der Waals surface area contributed by atoms with Gasteiger partial charge in [0.1, 0.15) is 0 Å². The summed E-state index contributed by atoms with van der Waals surface area (Å²) in [7, 11) is -2.93. The van der Waals surface area contributed by atoms with Crippen LogP contribution in [-0.2, 0) is 9.84 Å². The minimum Gasteiger partial charge on any atom is -0.354 e. The monoisotopic (exact) mass is 250 g/mol. The third-order valence-electron chi connectivity index (χ3n) is 2.06. The molecule has 6 nitrogen and oxygen atoms in total. The molecule has 0 atom stereocenters. The van der Waals surface area contributed by atoms with Crippen LogP contribution in [0, 0.1) is 0 Å². The van der Waals surface area contributed by atoms with E-state index in [2.05, 4.69) is 22.7 Å². The van der Waals surface area contributed by atoms with Crippen LogP contribution in [0.3, 0.4) is 0 Å². The molecule has 0 aliphatic rings. The van der Waals surface area contributed by atoms with E-state index in [1.807, 2.05) is 0 Å². The van der Waals surface area contributed by atoms with E-state index < -0.39 is 9.84 Å². The van der Waals surface area contributed by atoms with Crippen molar-refractivity contribution in [3.63, 3.8) is 0 Å². The third kappa shape index (κ3) is 7.47. The maximum absolute atomic E-state index is 11.2. The first-order chi connectivity index (χ1) is 7.55. The lowest BCUT2D eigenvalue weighted by Crippen LogP contribution is -2.43. The SMILES string of the molecule is CCCCN=C(NN)NCCS(=O)(=O)CC. The van der Waals surface area contributed by atoms with Crippen molar-refractivity contribution in [2.24, 2.45) is 10.8 Å². The molecule has 0 saturated carbocycles. The maximum atomic E-state index is 11.2. The van der Waals surface area contributed by atoms with E-state index >= 15 is 0 Å². The lowest BCUT2D eigenvalue weighted by Gasteiger charge is -2.08. The predicted molar refractivity (Wildman–Crippen MR) is 66.9 cm³/mol. The zero-order chi connectivity index (χ0) is 12.4. The molecule has 0 aromatic rings. The number of guanidine groups is 1. The number of nitrogens with one attached hydrogen (secondary N) is 2. The average Bonchev–Trinajstić information content (AvgIpc) is 2.27. The first-order valence-electron chi connectivity index (χ1n) is 5.51. The van der Waals surface area contributed by atoms with Crippen molar-refractivity contribution in [1.29, 1.82) is 0 Å². The van der Waals surface area contributed by atoms with Crippen LogP contribution in [0.5, 0.6) is 0 Å². The zero-order valence-corrected chi connectivity index (χ0v) is 10.8. The average molecular weight is 250 g/mol. The van der Waals surface area contributed by atoms with Crippen molar-refractivity contribution >= 4 is 15.8 Å². The van der Waals surface area contributed by atoms with E-state index in [4.69, 9.17) is 5.84 Å². The summed E-state index contributed by atoms with van der Waals surface area (Å²) in [6.07, 6.45) is 2.05. The van der Waals surface area contributed by atoms with Gasteiger partial charge in [-0.2, -0.15) is 0 Å². The number of hydrogen-bond donors (Lipinski definition) is 3. The summed E-state index contributed by atoms with van der Waals surface area (Å²) in [5.74, 6) is 5.94. The Morgan fingerprint density at radius 3 is 2.56 bits per heavy atom. The molecule has 0 saturated heterocycles. The summed E-state index contributed by atoms with van der Waals surface area (Å²) < 4.78 is 22.4. The Morgan fingerprint density at radius 1 is 1.38 bits per heavy atom. The number of nitrogens with zero attached hydrogens (tertiary/aromatic N) is 1. The van der Waals surface area contributed by atoms with Crippen LogP contribution in [0.25, 0.3) is 0 Å². The van der Waals surface area contributed by atoms with E-state index in [1.165, 1.54) is 0 Å². The first-order valence-corrected chi connectivity index (χ1v) is 7.33. The van der Waals surface area contributed by atoms with Crippen molar-refractivity contribution < 1.29 is 8.42 Å². The molecule has 0 spiro atoms. The number of hydrazine groups is 1. The number of rotatable bonds is 7. The van der Waals surface area contributed by atoms with Crippen molar-refractivity contribution in [3.05, 3.63) is 0 Å². The van der Waals surface area contributed by atoms with Crippen LogP contribution in [-0.4, -0.2) is 39.0 Å². The molecular formula is C9H22N4O2S. The van der Waals surface area contributed by atoms with Crippen molar-refractivity contribution in [1.82, 2.24) is 10.7 Å². The fourth-order valence-electron chi connectivity index (χ4n) is 0.971. The van der Waals surface area contributed by atoms with Gasteiger partial charge in [0.2, 0.25) is 5.96 Å². The fraction of sp³-hybridized carbons (Fsp3) is 0.889. The van der Waals surface area contributed by atoms with Gasteiger partial charge < -0.3 is 5.32 Å². The van der Waals surface area contributed by atoms with Gasteiger partial charge in [0.05, 0.1) is 5.75 Å². The summed E-state index contributed by atoms with van der Waals surface area (Å²) >= 11 is 0. The highest BCUT2D eigenvalue weighted by molar-refractivity contribution is 7.91. The maximum Gasteiger partial charge on any atom is 0.205 e. The molecule has 0 amide bonds. The normalized spacial score (nSPS) is 12.6. The first kappa shape index (κ1) is 15.2. The highest BCUT2D eigenvalue weighted by Crippen LogP contribution is 1.88. The Morgan fingerprint density at radius 2 is 2.06 bits per heavy atom. The largest absolute Gasteiger partial charge is 0.354 e. The van der Waals surface area contributed by atoms with Gasteiger partial charge in [0.25, 0.3) is 0 Å². The molecule has 0 heterocycles. The summed E-state index contributed by atoms with van der Waals surface area (Å²) in [4.78, 5) is 4.15. The second-order valence-corrected chi connectivity index (χ2v) is 5.86. The number of nitrogens with two attached hydrogens (primary N) is 1. The molecule has 0 aliphatic heterocycles. The number of sulfone groups is 1. The molecule has 0 bridgehead atoms. The zero-order valence-electron chi connectivity index (χ0n) is 9.99. The van der Waals surface area contributed by atoms with Gasteiger partial charge in [-0.05, 0) is 6.42 Å². The van der Waals surface area contributed by atoms with Gasteiger partial charge in [-0.1, -0.05) is 20.3 Å². The number of hydrogen-bond acceptors (Lipinski definition) is 4. The molecule has 0 radical (unpaired) electrons. The molecule has 0 rings (SSSR count). The lowest BCUT2D eigenvalue weighted by atomic mass is 10.3. The van der Waals surface area contributed by atoms with Gasteiger partial charge in [-0.25, -0.2) is 14.3 Å². The molecule has 0 fully saturated rings. The summed E-state index contributed by atoms with van der Waals surface area (Å²) in [6.45, 7) is 4.72. The van der Waals surface area contributed by atoms with E-state index in [9.17, 15) is 8.42 Å². The molecule has 0 aliphatic carbocycles. The van der Waals surface area contributed by atoms with Crippen LogP contribution >= 0.6 is 0 Å². The lowest BCUT2D eigenvalue weighted by molar-refractivity contribution is 0.595. The second-order valence-electron chi connectivity index (χ2n) is 3.39. The second kappa shape index (κ2) is 8.35. The Balaban J connectivity index is 3.92. The minimum absolute atomic E-state index is 0.0952. The molecule has 4 N–H and O–H groups in total. The van der Waals surface area contributed by atoms with Crippen LogP contribution < -0.4 is 16.6 Å². The smallest absolute Gasteiger partial charge is 0.205 e. The number of aliphatic imine (C=N–C) groups is 1. The molecule has 16 heavy (non-hydrogen) atoms. The molecular weight excluding hydrogens is 228 g/mol. The summed E-state index contributed by atoms with van der Waals surface area (Å²) in [5, 5.41) is 2.85.